The van der Waals surface area contributed by atoms with Crippen LogP contribution in [0.5, 0.6) is 0 Å². The molecule has 29 heavy (non-hydrogen) atoms. The second-order valence-corrected chi connectivity index (χ2v) is 7.89. The van der Waals surface area contributed by atoms with Gasteiger partial charge in [0.1, 0.15) is 6.17 Å². The Morgan fingerprint density at radius 2 is 1.48 bits per heavy atom. The molecule has 0 bridgehead atoms. The number of anilines is 1. The van der Waals surface area contributed by atoms with Gasteiger partial charge in [0.2, 0.25) is 0 Å². The fourth-order valence-corrected chi connectivity index (χ4v) is 4.72. The van der Waals surface area contributed by atoms with Gasteiger partial charge in [-0.3, -0.25) is 0 Å². The van der Waals surface area contributed by atoms with Gasteiger partial charge in [-0.2, -0.15) is 5.10 Å². The highest BCUT2D eigenvalue weighted by Gasteiger charge is 2.29. The number of hydrogen-bond acceptors (Lipinski definition) is 2. The summed E-state index contributed by atoms with van der Waals surface area (Å²) >= 11 is 0. The van der Waals surface area contributed by atoms with Crippen molar-refractivity contribution in [3.8, 4) is 11.3 Å². The molecular weight excluding hydrogens is 354 g/mol. The molecule has 0 radical (unpaired) electrons. The van der Waals surface area contributed by atoms with Gasteiger partial charge in [0.05, 0.1) is 11.4 Å². The molecule has 1 aromatic heterocycles. The maximum Gasteiger partial charge on any atom is 0.148 e. The monoisotopic (exact) mass is 375 g/mol. The first-order valence-electron chi connectivity index (χ1n) is 10.0. The van der Waals surface area contributed by atoms with E-state index in [4.69, 9.17) is 5.10 Å². The molecule has 0 unspecified atom stereocenters. The van der Waals surface area contributed by atoms with Crippen molar-refractivity contribution >= 4 is 27.2 Å². The van der Waals surface area contributed by atoms with Gasteiger partial charge in [-0.05, 0) is 53.1 Å². The number of nitrogens with zero attached hydrogens (tertiary/aromatic N) is 2. The van der Waals surface area contributed by atoms with Crippen molar-refractivity contribution in [3.05, 3.63) is 95.7 Å². The Morgan fingerprint density at radius 3 is 2.21 bits per heavy atom. The lowest BCUT2D eigenvalue weighted by molar-refractivity contribution is 0.577. The summed E-state index contributed by atoms with van der Waals surface area (Å²) in [5.74, 6) is 0. The van der Waals surface area contributed by atoms with Crippen LogP contribution in [0, 0.1) is 13.8 Å². The van der Waals surface area contributed by atoms with Crippen LogP contribution in [0.4, 0.5) is 5.69 Å². The van der Waals surface area contributed by atoms with Gasteiger partial charge >= 0.3 is 0 Å². The molecule has 1 aliphatic rings. The van der Waals surface area contributed by atoms with E-state index in [0.717, 1.165) is 5.69 Å². The van der Waals surface area contributed by atoms with Crippen LogP contribution < -0.4 is 5.32 Å². The summed E-state index contributed by atoms with van der Waals surface area (Å²) in [7, 11) is 0. The minimum absolute atomic E-state index is 0.0664. The molecule has 6 rings (SSSR count). The van der Waals surface area contributed by atoms with Crippen LogP contribution in [0.3, 0.4) is 0 Å². The Balaban J connectivity index is 1.73. The van der Waals surface area contributed by atoms with E-state index in [-0.39, 0.29) is 6.17 Å². The minimum Gasteiger partial charge on any atom is -0.359 e. The number of fused-ring (bicyclic) bond motifs is 5. The smallest absolute Gasteiger partial charge is 0.148 e. The van der Waals surface area contributed by atoms with E-state index in [0.29, 0.717) is 0 Å². The number of para-hydroxylation sites is 1. The van der Waals surface area contributed by atoms with Gasteiger partial charge in [0.25, 0.3) is 0 Å². The Hall–Kier alpha value is -3.59. The van der Waals surface area contributed by atoms with Crippen molar-refractivity contribution in [2.45, 2.75) is 20.0 Å². The van der Waals surface area contributed by atoms with E-state index in [9.17, 15) is 0 Å². The fraction of sp³-hybridized carbons (Fsp3) is 0.115. The van der Waals surface area contributed by atoms with Crippen molar-refractivity contribution in [3.63, 3.8) is 0 Å². The number of rotatable bonds is 1. The second-order valence-electron chi connectivity index (χ2n) is 7.89. The van der Waals surface area contributed by atoms with Crippen LogP contribution in [0.2, 0.25) is 0 Å². The van der Waals surface area contributed by atoms with E-state index in [1.807, 2.05) is 0 Å². The molecule has 0 saturated heterocycles. The van der Waals surface area contributed by atoms with Crippen molar-refractivity contribution in [1.82, 2.24) is 9.78 Å². The van der Waals surface area contributed by atoms with E-state index < -0.39 is 0 Å². The summed E-state index contributed by atoms with van der Waals surface area (Å²) < 4.78 is 2.16. The van der Waals surface area contributed by atoms with Gasteiger partial charge in [0, 0.05) is 16.8 Å². The molecule has 1 aliphatic heterocycles. The second kappa shape index (κ2) is 5.95. The van der Waals surface area contributed by atoms with Gasteiger partial charge in [0.15, 0.2) is 0 Å². The Bertz CT molecular complexity index is 1360. The van der Waals surface area contributed by atoms with Gasteiger partial charge in [-0.15, -0.1) is 0 Å². The average Bonchev–Trinajstić information content (AvgIpc) is 3.14. The number of aromatic nitrogens is 2. The van der Waals surface area contributed by atoms with Crippen molar-refractivity contribution in [2.24, 2.45) is 0 Å². The van der Waals surface area contributed by atoms with Gasteiger partial charge in [-0.25, -0.2) is 4.68 Å². The lowest BCUT2D eigenvalue weighted by atomic mass is 9.93. The summed E-state index contributed by atoms with van der Waals surface area (Å²) in [6, 6.07) is 28.3. The van der Waals surface area contributed by atoms with Crippen LogP contribution in [0.25, 0.3) is 32.8 Å². The third kappa shape index (κ3) is 2.34. The first-order valence-corrected chi connectivity index (χ1v) is 10.0. The maximum absolute atomic E-state index is 4.91. The summed E-state index contributed by atoms with van der Waals surface area (Å²) in [6.07, 6.45) is -0.0664. The molecule has 0 fully saturated rings. The number of hydrogen-bond donors (Lipinski definition) is 1. The van der Waals surface area contributed by atoms with E-state index in [2.05, 4.69) is 103 Å². The minimum atomic E-state index is -0.0664. The lowest BCUT2D eigenvalue weighted by Crippen LogP contribution is -2.26. The number of nitrogens with one attached hydrogen (secondary N) is 1. The van der Waals surface area contributed by atoms with Crippen molar-refractivity contribution in [2.75, 3.05) is 5.32 Å². The van der Waals surface area contributed by atoms with E-state index in [1.165, 1.54) is 49.6 Å². The number of aryl methyl sites for hydroxylation is 2. The molecule has 5 aromatic rings. The zero-order chi connectivity index (χ0) is 19.5. The average molecular weight is 375 g/mol. The molecular formula is C26H21N3. The van der Waals surface area contributed by atoms with Crippen molar-refractivity contribution in [1.29, 1.82) is 0 Å². The van der Waals surface area contributed by atoms with Crippen LogP contribution in [-0.2, 0) is 0 Å². The molecule has 3 heteroatoms. The highest BCUT2D eigenvalue weighted by molar-refractivity contribution is 6.03. The SMILES string of the molecule is Cc1cc2n(n1)[C@@H](c1c3ccccc3cc3ccccc13)Nc1c(C)cccc1-2. The van der Waals surface area contributed by atoms with Crippen LogP contribution >= 0.6 is 0 Å². The lowest BCUT2D eigenvalue weighted by Gasteiger charge is -2.32. The normalized spacial score (nSPS) is 15.2. The van der Waals surface area contributed by atoms with Gasteiger partial charge < -0.3 is 5.32 Å². The maximum atomic E-state index is 4.91. The Morgan fingerprint density at radius 1 is 0.793 bits per heavy atom. The molecule has 0 spiro atoms. The van der Waals surface area contributed by atoms with Crippen LogP contribution in [-0.4, -0.2) is 9.78 Å². The summed E-state index contributed by atoms with van der Waals surface area (Å²) in [5, 5.41) is 13.8. The van der Waals surface area contributed by atoms with E-state index in [1.54, 1.807) is 0 Å². The van der Waals surface area contributed by atoms with Gasteiger partial charge in [-0.1, -0.05) is 66.7 Å². The van der Waals surface area contributed by atoms with Crippen LogP contribution in [0.15, 0.2) is 78.9 Å². The van der Waals surface area contributed by atoms with E-state index >= 15 is 0 Å². The fourth-order valence-electron chi connectivity index (χ4n) is 4.72. The molecule has 1 atom stereocenters. The Kier molecular flexibility index (Phi) is 3.36. The first kappa shape index (κ1) is 16.4. The standard InChI is InChI=1S/C26H21N3/c1-16-8-7-13-22-23-14-17(2)28-29(23)26(27-25(16)22)24-20-11-5-3-9-18(20)15-19-10-4-6-12-21(19)24/h3-15,26-27H,1-2H3/t26-/m0/s1. The summed E-state index contributed by atoms with van der Waals surface area (Å²) in [4.78, 5) is 0. The molecule has 0 saturated carbocycles. The molecule has 0 aliphatic carbocycles. The number of benzene rings is 4. The molecule has 2 heterocycles. The summed E-state index contributed by atoms with van der Waals surface area (Å²) in [5.41, 5.74) is 7.14. The Labute approximate surface area is 169 Å². The molecule has 4 aromatic carbocycles. The molecule has 0 amide bonds. The quantitative estimate of drug-likeness (QED) is 0.341. The zero-order valence-electron chi connectivity index (χ0n) is 16.5. The topological polar surface area (TPSA) is 29.9 Å². The van der Waals surface area contributed by atoms with Crippen molar-refractivity contribution < 1.29 is 0 Å². The zero-order valence-corrected chi connectivity index (χ0v) is 16.5. The third-order valence-corrected chi connectivity index (χ3v) is 6.02. The largest absolute Gasteiger partial charge is 0.359 e. The predicted octanol–water partition coefficient (Wildman–Crippen LogP) is 6.45. The molecule has 3 nitrogen and oxygen atoms in total. The summed E-state index contributed by atoms with van der Waals surface area (Å²) in [6.45, 7) is 4.24. The molecule has 140 valence electrons. The highest BCUT2D eigenvalue weighted by atomic mass is 15.4. The highest BCUT2D eigenvalue weighted by Crippen LogP contribution is 2.43. The molecule has 1 N–H and O–H groups in total. The van der Waals surface area contributed by atoms with Crippen LogP contribution in [0.1, 0.15) is 23.0 Å². The predicted molar refractivity (Wildman–Crippen MR) is 120 cm³/mol. The third-order valence-electron chi connectivity index (χ3n) is 6.02. The first-order chi connectivity index (χ1) is 14.2.